The smallest absolute Gasteiger partial charge is 0.303 e. The van der Waals surface area contributed by atoms with E-state index in [4.69, 9.17) is 9.84 Å². The zero-order valence-corrected chi connectivity index (χ0v) is 17.6. The van der Waals surface area contributed by atoms with Crippen LogP contribution in [0, 0.1) is 5.92 Å². The van der Waals surface area contributed by atoms with Crippen molar-refractivity contribution in [3.63, 3.8) is 0 Å². The van der Waals surface area contributed by atoms with E-state index in [1.54, 1.807) is 0 Å². The van der Waals surface area contributed by atoms with Crippen molar-refractivity contribution in [2.75, 3.05) is 31.2 Å². The van der Waals surface area contributed by atoms with Gasteiger partial charge < -0.3 is 20.1 Å². The second-order valence-corrected chi connectivity index (χ2v) is 7.78. The molecule has 2 N–H and O–H groups in total. The molecule has 29 heavy (non-hydrogen) atoms. The molecule has 0 aromatic heterocycles. The summed E-state index contributed by atoms with van der Waals surface area (Å²) in [7, 11) is 0. The maximum atomic E-state index is 10.8. The van der Waals surface area contributed by atoms with Crippen LogP contribution in [0.2, 0.25) is 0 Å². The zero-order chi connectivity index (χ0) is 20.9. The summed E-state index contributed by atoms with van der Waals surface area (Å²) in [6, 6.07) is 20.9. The molecule has 0 fully saturated rings. The Balaban J connectivity index is 2.05. The molecule has 0 saturated heterocycles. The van der Waals surface area contributed by atoms with Gasteiger partial charge in [0, 0.05) is 37.8 Å². The number of benzene rings is 2. The van der Waals surface area contributed by atoms with Crippen LogP contribution in [0.4, 0.5) is 5.69 Å². The molecule has 2 aromatic carbocycles. The third-order valence-electron chi connectivity index (χ3n) is 4.55. The Morgan fingerprint density at radius 2 is 1.69 bits per heavy atom. The molecule has 1 unspecified atom stereocenters. The van der Waals surface area contributed by atoms with Crippen LogP contribution in [-0.2, 0) is 16.1 Å². The summed E-state index contributed by atoms with van der Waals surface area (Å²) in [5.74, 6) is -0.272. The predicted molar refractivity (Wildman–Crippen MR) is 118 cm³/mol. The monoisotopic (exact) mass is 398 g/mol. The van der Waals surface area contributed by atoms with Gasteiger partial charge in [0.2, 0.25) is 0 Å². The normalized spacial score (nSPS) is 12.1. The first-order chi connectivity index (χ1) is 14.0. The summed E-state index contributed by atoms with van der Waals surface area (Å²) in [6.07, 6.45) is 0.791. The highest BCUT2D eigenvalue weighted by atomic mass is 16.5. The summed E-state index contributed by atoms with van der Waals surface area (Å²) >= 11 is 0. The highest BCUT2D eigenvalue weighted by Crippen LogP contribution is 2.17. The van der Waals surface area contributed by atoms with Crippen LogP contribution >= 0.6 is 0 Å². The lowest BCUT2D eigenvalue weighted by Gasteiger charge is -2.30. The van der Waals surface area contributed by atoms with Crippen molar-refractivity contribution in [3.8, 4) is 0 Å². The molecule has 2 aromatic rings. The molecule has 0 bridgehead atoms. The van der Waals surface area contributed by atoms with E-state index in [1.165, 1.54) is 5.56 Å². The van der Waals surface area contributed by atoms with Crippen molar-refractivity contribution in [2.24, 2.45) is 5.92 Å². The van der Waals surface area contributed by atoms with E-state index in [0.29, 0.717) is 25.5 Å². The van der Waals surface area contributed by atoms with Gasteiger partial charge in [-0.25, -0.2) is 0 Å². The Morgan fingerprint density at radius 3 is 2.31 bits per heavy atom. The highest BCUT2D eigenvalue weighted by Gasteiger charge is 2.16. The first-order valence-electron chi connectivity index (χ1n) is 10.4. The molecule has 0 radical (unpaired) electrons. The predicted octanol–water partition coefficient (Wildman–Crippen LogP) is 4.19. The van der Waals surface area contributed by atoms with Gasteiger partial charge in [-0.15, -0.1) is 0 Å². The molecule has 0 amide bonds. The third-order valence-corrected chi connectivity index (χ3v) is 4.55. The summed E-state index contributed by atoms with van der Waals surface area (Å²) in [5, 5.41) is 12.4. The minimum absolute atomic E-state index is 0.117. The third kappa shape index (κ3) is 9.59. The van der Waals surface area contributed by atoms with Gasteiger partial charge in [-0.05, 0) is 36.6 Å². The SMILES string of the molecule is CC(C)COCC(CN(Cc1ccccc1)c1ccccc1)NCCCC(=O)O. The van der Waals surface area contributed by atoms with Gasteiger partial charge in [0.25, 0.3) is 0 Å². The first-order valence-corrected chi connectivity index (χ1v) is 10.4. The Labute approximate surface area is 174 Å². The van der Waals surface area contributed by atoms with Crippen molar-refractivity contribution in [2.45, 2.75) is 39.3 Å². The minimum atomic E-state index is -0.755. The average Bonchev–Trinajstić information content (AvgIpc) is 2.71. The highest BCUT2D eigenvalue weighted by molar-refractivity contribution is 5.66. The summed E-state index contributed by atoms with van der Waals surface area (Å²) in [5.41, 5.74) is 2.42. The van der Waals surface area contributed by atoms with E-state index in [9.17, 15) is 4.79 Å². The number of aliphatic carboxylic acids is 1. The summed E-state index contributed by atoms with van der Waals surface area (Å²) < 4.78 is 5.92. The molecule has 158 valence electrons. The van der Waals surface area contributed by atoms with E-state index in [-0.39, 0.29) is 12.5 Å². The lowest BCUT2D eigenvalue weighted by Crippen LogP contribution is -2.44. The van der Waals surface area contributed by atoms with Gasteiger partial charge in [0.05, 0.1) is 6.61 Å². The molecule has 1 atom stereocenters. The second-order valence-electron chi connectivity index (χ2n) is 7.78. The van der Waals surface area contributed by atoms with Crippen LogP contribution in [0.5, 0.6) is 0 Å². The van der Waals surface area contributed by atoms with Crippen LogP contribution in [0.15, 0.2) is 60.7 Å². The standard InChI is InChI=1S/C24H34N2O3/c1-20(2)18-29-19-22(25-15-9-14-24(27)28)17-26(23-12-7-4-8-13-23)16-21-10-5-3-6-11-21/h3-8,10-13,20,22,25H,9,14-19H2,1-2H3,(H,27,28). The van der Waals surface area contributed by atoms with E-state index in [2.05, 4.69) is 72.6 Å². The number of hydrogen-bond donors (Lipinski definition) is 2. The van der Waals surface area contributed by atoms with E-state index < -0.39 is 5.97 Å². The van der Waals surface area contributed by atoms with Gasteiger partial charge >= 0.3 is 5.97 Å². The largest absolute Gasteiger partial charge is 0.481 e. The lowest BCUT2D eigenvalue weighted by molar-refractivity contribution is -0.137. The molecule has 0 aliphatic carbocycles. The van der Waals surface area contributed by atoms with Crippen LogP contribution in [-0.4, -0.2) is 43.4 Å². The van der Waals surface area contributed by atoms with Crippen LogP contribution in [0.1, 0.15) is 32.3 Å². The summed E-state index contributed by atoms with van der Waals surface area (Å²) in [6.45, 7) is 7.85. The second kappa shape index (κ2) is 13.0. The quantitative estimate of drug-likeness (QED) is 0.467. The Kier molecular flexibility index (Phi) is 10.2. The molecule has 2 rings (SSSR count). The molecule has 0 aliphatic heterocycles. The van der Waals surface area contributed by atoms with Crippen molar-refractivity contribution >= 4 is 11.7 Å². The number of para-hydroxylation sites is 1. The first kappa shape index (κ1) is 22.9. The topological polar surface area (TPSA) is 61.8 Å². The molecule has 0 aliphatic rings. The minimum Gasteiger partial charge on any atom is -0.481 e. The molecule has 5 heteroatoms. The molecule has 5 nitrogen and oxygen atoms in total. The molecule has 0 heterocycles. The van der Waals surface area contributed by atoms with Gasteiger partial charge in [-0.2, -0.15) is 0 Å². The van der Waals surface area contributed by atoms with E-state index >= 15 is 0 Å². The van der Waals surface area contributed by atoms with Gasteiger partial charge in [-0.3, -0.25) is 4.79 Å². The summed E-state index contributed by atoms with van der Waals surface area (Å²) in [4.78, 5) is 13.1. The fourth-order valence-corrected chi connectivity index (χ4v) is 3.14. The van der Waals surface area contributed by atoms with Crippen molar-refractivity contribution in [3.05, 3.63) is 66.2 Å². The number of rotatable bonds is 14. The fourth-order valence-electron chi connectivity index (χ4n) is 3.14. The number of carboxylic acid groups (broad SMARTS) is 1. The molecular formula is C24H34N2O3. The number of anilines is 1. The number of ether oxygens (including phenoxy) is 1. The van der Waals surface area contributed by atoms with Crippen LogP contribution < -0.4 is 10.2 Å². The van der Waals surface area contributed by atoms with Gasteiger partial charge in [-0.1, -0.05) is 62.4 Å². The van der Waals surface area contributed by atoms with Crippen LogP contribution in [0.3, 0.4) is 0 Å². The maximum absolute atomic E-state index is 10.8. The molecular weight excluding hydrogens is 364 g/mol. The average molecular weight is 399 g/mol. The number of nitrogens with zero attached hydrogens (tertiary/aromatic N) is 1. The van der Waals surface area contributed by atoms with Crippen molar-refractivity contribution in [1.82, 2.24) is 5.32 Å². The van der Waals surface area contributed by atoms with E-state index in [0.717, 1.165) is 25.4 Å². The Morgan fingerprint density at radius 1 is 1.03 bits per heavy atom. The number of carboxylic acids is 1. The number of carbonyl (C=O) groups is 1. The Bertz CT molecular complexity index is 692. The molecule has 0 spiro atoms. The lowest BCUT2D eigenvalue weighted by atomic mass is 10.1. The number of hydrogen-bond acceptors (Lipinski definition) is 4. The van der Waals surface area contributed by atoms with Crippen LogP contribution in [0.25, 0.3) is 0 Å². The fraction of sp³-hybridized carbons (Fsp3) is 0.458. The Hall–Kier alpha value is -2.37. The van der Waals surface area contributed by atoms with Gasteiger partial charge in [0.15, 0.2) is 0 Å². The zero-order valence-electron chi connectivity index (χ0n) is 17.6. The maximum Gasteiger partial charge on any atom is 0.303 e. The van der Waals surface area contributed by atoms with Crippen molar-refractivity contribution in [1.29, 1.82) is 0 Å². The molecule has 0 saturated carbocycles. The number of nitrogens with one attached hydrogen (secondary N) is 1. The van der Waals surface area contributed by atoms with Gasteiger partial charge in [0.1, 0.15) is 0 Å². The van der Waals surface area contributed by atoms with Crippen molar-refractivity contribution < 1.29 is 14.6 Å². The van der Waals surface area contributed by atoms with E-state index in [1.807, 2.05) is 12.1 Å².